The lowest BCUT2D eigenvalue weighted by Crippen LogP contribution is -2.38. The van der Waals surface area contributed by atoms with Crippen LogP contribution in [-0.4, -0.2) is 11.9 Å². The average molecular weight is 296 g/mol. The molecule has 116 valence electrons. The van der Waals surface area contributed by atoms with E-state index in [9.17, 15) is 4.79 Å². The molecule has 0 radical (unpaired) electrons. The molecule has 0 saturated carbocycles. The van der Waals surface area contributed by atoms with Crippen LogP contribution in [0.5, 0.6) is 0 Å². The Kier molecular flexibility index (Phi) is 5.59. The van der Waals surface area contributed by atoms with Gasteiger partial charge in [0.05, 0.1) is 6.04 Å². The molecular formula is C19H24N2O. The molecule has 22 heavy (non-hydrogen) atoms. The molecule has 0 aliphatic rings. The zero-order valence-corrected chi connectivity index (χ0v) is 13.5. The third-order valence-electron chi connectivity index (χ3n) is 3.77. The topological polar surface area (TPSA) is 41.1 Å². The lowest BCUT2D eigenvalue weighted by Gasteiger charge is -2.19. The molecule has 3 nitrogen and oxygen atoms in total. The number of benzene rings is 2. The van der Waals surface area contributed by atoms with Crippen LogP contribution < -0.4 is 10.6 Å². The first-order chi connectivity index (χ1) is 10.6. The number of carbonyl (C=O) groups is 1. The normalized spacial score (nSPS) is 13.2. The van der Waals surface area contributed by atoms with Crippen LogP contribution in [0.25, 0.3) is 0 Å². The number of aryl methyl sites for hydroxylation is 1. The van der Waals surface area contributed by atoms with E-state index in [0.717, 1.165) is 17.7 Å². The maximum Gasteiger partial charge on any atom is 0.242 e. The minimum absolute atomic E-state index is 0.0000684. The van der Waals surface area contributed by atoms with Gasteiger partial charge in [0.25, 0.3) is 0 Å². The zero-order valence-electron chi connectivity index (χ0n) is 13.5. The van der Waals surface area contributed by atoms with Crippen molar-refractivity contribution in [2.75, 3.05) is 5.32 Å². The van der Waals surface area contributed by atoms with Crippen molar-refractivity contribution in [1.82, 2.24) is 5.32 Å². The predicted molar refractivity (Wildman–Crippen MR) is 91.9 cm³/mol. The first-order valence-corrected chi connectivity index (χ1v) is 7.81. The lowest BCUT2D eigenvalue weighted by atomic mass is 10.1. The summed E-state index contributed by atoms with van der Waals surface area (Å²) < 4.78 is 0. The second-order valence-electron chi connectivity index (χ2n) is 5.56. The molecule has 2 atom stereocenters. The summed E-state index contributed by atoms with van der Waals surface area (Å²) in [4.78, 5) is 12.3. The van der Waals surface area contributed by atoms with Gasteiger partial charge < -0.3 is 10.6 Å². The summed E-state index contributed by atoms with van der Waals surface area (Å²) in [5, 5.41) is 6.30. The predicted octanol–water partition coefficient (Wildman–Crippen LogP) is 3.93. The molecule has 2 rings (SSSR count). The number of rotatable bonds is 6. The fourth-order valence-electron chi connectivity index (χ4n) is 2.36. The van der Waals surface area contributed by atoms with Gasteiger partial charge in [-0.1, -0.05) is 49.4 Å². The summed E-state index contributed by atoms with van der Waals surface area (Å²) in [6.07, 6.45) is 0.987. The third-order valence-corrected chi connectivity index (χ3v) is 3.77. The molecular weight excluding hydrogens is 272 g/mol. The van der Waals surface area contributed by atoms with Crippen LogP contribution in [-0.2, 0) is 11.2 Å². The van der Waals surface area contributed by atoms with E-state index in [0.29, 0.717) is 0 Å². The van der Waals surface area contributed by atoms with Crippen molar-refractivity contribution in [2.45, 2.75) is 39.3 Å². The van der Waals surface area contributed by atoms with E-state index in [2.05, 4.69) is 29.7 Å². The molecule has 1 amide bonds. The quantitative estimate of drug-likeness (QED) is 0.848. The van der Waals surface area contributed by atoms with Crippen molar-refractivity contribution < 1.29 is 4.79 Å². The van der Waals surface area contributed by atoms with Crippen LogP contribution in [0.1, 0.15) is 37.9 Å². The highest BCUT2D eigenvalue weighted by Gasteiger charge is 2.15. The summed E-state index contributed by atoms with van der Waals surface area (Å²) in [6.45, 7) is 6.00. The van der Waals surface area contributed by atoms with E-state index >= 15 is 0 Å². The van der Waals surface area contributed by atoms with Crippen molar-refractivity contribution in [3.8, 4) is 0 Å². The molecule has 2 N–H and O–H groups in total. The van der Waals surface area contributed by atoms with Gasteiger partial charge in [0.1, 0.15) is 6.04 Å². The molecule has 0 bridgehead atoms. The maximum absolute atomic E-state index is 12.3. The van der Waals surface area contributed by atoms with Gasteiger partial charge >= 0.3 is 0 Å². The molecule has 0 fully saturated rings. The molecule has 2 aromatic carbocycles. The number of carbonyl (C=O) groups excluding carboxylic acids is 1. The van der Waals surface area contributed by atoms with Gasteiger partial charge in [0.15, 0.2) is 0 Å². The Bertz CT molecular complexity index is 610. The standard InChI is InChI=1S/C19H24N2O/c1-4-16-9-8-12-18(13-16)20-15(3)19(22)21-14(2)17-10-6-5-7-11-17/h5-15,20H,4H2,1-3H3,(H,21,22). The minimum atomic E-state index is -0.279. The maximum atomic E-state index is 12.3. The van der Waals surface area contributed by atoms with Crippen molar-refractivity contribution in [1.29, 1.82) is 0 Å². The van der Waals surface area contributed by atoms with Crippen molar-refractivity contribution in [3.05, 3.63) is 65.7 Å². The number of anilines is 1. The fraction of sp³-hybridized carbons (Fsp3) is 0.316. The van der Waals surface area contributed by atoms with Gasteiger partial charge in [-0.05, 0) is 43.5 Å². The van der Waals surface area contributed by atoms with Crippen LogP contribution in [0.4, 0.5) is 5.69 Å². The van der Waals surface area contributed by atoms with Gasteiger partial charge in [0, 0.05) is 5.69 Å². The van der Waals surface area contributed by atoms with Gasteiger partial charge in [-0.15, -0.1) is 0 Å². The fourth-order valence-corrected chi connectivity index (χ4v) is 2.36. The molecule has 3 heteroatoms. The molecule has 0 aromatic heterocycles. The van der Waals surface area contributed by atoms with E-state index < -0.39 is 0 Å². The summed E-state index contributed by atoms with van der Waals surface area (Å²) in [5.41, 5.74) is 3.35. The van der Waals surface area contributed by atoms with E-state index in [1.165, 1.54) is 5.56 Å². The molecule has 0 aliphatic carbocycles. The highest BCUT2D eigenvalue weighted by atomic mass is 16.2. The second-order valence-corrected chi connectivity index (χ2v) is 5.56. The number of hydrogen-bond donors (Lipinski definition) is 2. The Morgan fingerprint density at radius 3 is 2.45 bits per heavy atom. The number of amides is 1. The highest BCUT2D eigenvalue weighted by Crippen LogP contribution is 2.14. The Morgan fingerprint density at radius 2 is 1.77 bits per heavy atom. The van der Waals surface area contributed by atoms with Crippen LogP contribution in [0.2, 0.25) is 0 Å². The van der Waals surface area contributed by atoms with Crippen molar-refractivity contribution in [3.63, 3.8) is 0 Å². The summed E-state index contributed by atoms with van der Waals surface area (Å²) >= 11 is 0. The van der Waals surface area contributed by atoms with Gasteiger partial charge in [-0.25, -0.2) is 0 Å². The lowest BCUT2D eigenvalue weighted by molar-refractivity contribution is -0.122. The molecule has 0 aliphatic heterocycles. The van der Waals surface area contributed by atoms with Crippen LogP contribution in [0.3, 0.4) is 0 Å². The molecule has 0 heterocycles. The molecule has 2 unspecified atom stereocenters. The SMILES string of the molecule is CCc1cccc(NC(C)C(=O)NC(C)c2ccccc2)c1. The zero-order chi connectivity index (χ0) is 15.9. The largest absolute Gasteiger partial charge is 0.374 e. The number of nitrogens with one attached hydrogen (secondary N) is 2. The van der Waals surface area contributed by atoms with E-state index in [-0.39, 0.29) is 18.0 Å². The van der Waals surface area contributed by atoms with Crippen LogP contribution >= 0.6 is 0 Å². The van der Waals surface area contributed by atoms with Crippen molar-refractivity contribution >= 4 is 11.6 Å². The van der Waals surface area contributed by atoms with Crippen LogP contribution in [0.15, 0.2) is 54.6 Å². The smallest absolute Gasteiger partial charge is 0.242 e. The summed E-state index contributed by atoms with van der Waals surface area (Å²) in [5.74, 6) is -0.00162. The average Bonchev–Trinajstić information content (AvgIpc) is 2.55. The summed E-state index contributed by atoms with van der Waals surface area (Å²) in [6, 6.07) is 17.9. The van der Waals surface area contributed by atoms with Crippen molar-refractivity contribution in [2.24, 2.45) is 0 Å². The Labute approximate surface area is 132 Å². The van der Waals surface area contributed by atoms with E-state index in [1.54, 1.807) is 0 Å². The number of hydrogen-bond acceptors (Lipinski definition) is 2. The minimum Gasteiger partial charge on any atom is -0.374 e. The summed E-state index contributed by atoms with van der Waals surface area (Å²) in [7, 11) is 0. The van der Waals surface area contributed by atoms with E-state index in [4.69, 9.17) is 0 Å². The third kappa shape index (κ3) is 4.35. The second kappa shape index (κ2) is 7.64. The first kappa shape index (κ1) is 16.1. The Balaban J connectivity index is 1.94. The van der Waals surface area contributed by atoms with E-state index in [1.807, 2.05) is 56.3 Å². The van der Waals surface area contributed by atoms with Gasteiger partial charge in [-0.2, -0.15) is 0 Å². The molecule has 2 aromatic rings. The monoisotopic (exact) mass is 296 g/mol. The Morgan fingerprint density at radius 1 is 1.05 bits per heavy atom. The first-order valence-electron chi connectivity index (χ1n) is 7.81. The molecule has 0 saturated heterocycles. The molecule has 0 spiro atoms. The van der Waals surface area contributed by atoms with Gasteiger partial charge in [-0.3, -0.25) is 4.79 Å². The van der Waals surface area contributed by atoms with Gasteiger partial charge in [0.2, 0.25) is 5.91 Å². The highest BCUT2D eigenvalue weighted by molar-refractivity contribution is 5.84. The van der Waals surface area contributed by atoms with Crippen LogP contribution in [0, 0.1) is 0 Å². The Hall–Kier alpha value is -2.29.